The topological polar surface area (TPSA) is 49.3 Å². The largest absolute Gasteiger partial charge is 0.383 e. The van der Waals surface area contributed by atoms with Gasteiger partial charge in [0.05, 0.1) is 0 Å². The Morgan fingerprint density at radius 1 is 1.36 bits per heavy atom. The predicted molar refractivity (Wildman–Crippen MR) is 54.3 cm³/mol. The molecule has 0 saturated carbocycles. The number of carbonyl (C=O) groups is 1. The molecule has 3 heteroatoms. The van der Waals surface area contributed by atoms with Gasteiger partial charge in [0, 0.05) is 12.1 Å². The summed E-state index contributed by atoms with van der Waals surface area (Å²) in [6.45, 7) is 4.03. The molecule has 14 heavy (non-hydrogen) atoms. The van der Waals surface area contributed by atoms with E-state index in [1.807, 2.05) is 26.0 Å². The Morgan fingerprint density at radius 3 is 2.71 bits per heavy atom. The molecule has 0 fully saturated rings. The van der Waals surface area contributed by atoms with Gasteiger partial charge in [-0.1, -0.05) is 6.07 Å². The second kappa shape index (κ2) is 3.10. The van der Waals surface area contributed by atoms with Crippen molar-refractivity contribution in [3.05, 3.63) is 28.8 Å². The maximum Gasteiger partial charge on any atom is 0.253 e. The number of hydrogen-bond acceptors (Lipinski definition) is 2. The molecule has 1 heterocycles. The average Bonchev–Trinajstić information content (AvgIpc) is 2.11. The predicted octanol–water partition coefficient (Wildman–Crippen LogP) is 1.16. The lowest BCUT2D eigenvalue weighted by Crippen LogP contribution is -2.34. The van der Waals surface area contributed by atoms with Crippen LogP contribution in [0.1, 0.15) is 16.7 Å². The molecule has 1 aliphatic rings. The molecule has 1 amide bonds. The number of aliphatic hydroxyl groups excluding tert-OH is 1. The molecule has 1 aliphatic heterocycles. The molecule has 0 spiro atoms. The maximum atomic E-state index is 11.2. The van der Waals surface area contributed by atoms with Crippen molar-refractivity contribution in [3.63, 3.8) is 0 Å². The Bertz CT molecular complexity index is 399. The Hall–Kier alpha value is -1.35. The van der Waals surface area contributed by atoms with Gasteiger partial charge in [-0.3, -0.25) is 4.79 Å². The van der Waals surface area contributed by atoms with Crippen LogP contribution in [0.4, 0.5) is 5.69 Å². The van der Waals surface area contributed by atoms with Gasteiger partial charge in [0.1, 0.15) is 6.10 Å². The van der Waals surface area contributed by atoms with E-state index in [4.69, 9.17) is 0 Å². The van der Waals surface area contributed by atoms with Crippen molar-refractivity contribution in [2.24, 2.45) is 0 Å². The molecule has 0 aliphatic carbocycles. The van der Waals surface area contributed by atoms with Crippen molar-refractivity contribution in [3.8, 4) is 0 Å². The van der Waals surface area contributed by atoms with E-state index in [0.717, 1.165) is 16.8 Å². The molecule has 0 aromatic heterocycles. The van der Waals surface area contributed by atoms with Crippen LogP contribution in [0.2, 0.25) is 0 Å². The summed E-state index contributed by atoms with van der Waals surface area (Å²) < 4.78 is 0. The number of aliphatic hydroxyl groups is 1. The highest BCUT2D eigenvalue weighted by atomic mass is 16.3. The molecule has 0 saturated heterocycles. The number of fused-ring (bicyclic) bond motifs is 1. The highest BCUT2D eigenvalue weighted by Gasteiger charge is 2.23. The van der Waals surface area contributed by atoms with E-state index < -0.39 is 6.10 Å². The summed E-state index contributed by atoms with van der Waals surface area (Å²) in [5.41, 5.74) is 4.19. The van der Waals surface area contributed by atoms with Crippen molar-refractivity contribution in [2.75, 3.05) is 5.32 Å². The summed E-state index contributed by atoms with van der Waals surface area (Å²) in [6.07, 6.45) is -0.480. The first-order valence-corrected chi connectivity index (χ1v) is 4.67. The van der Waals surface area contributed by atoms with E-state index in [-0.39, 0.29) is 5.91 Å². The fraction of sp³-hybridized carbons (Fsp3) is 0.364. The standard InChI is InChI=1S/C11H13NO2/c1-6-3-8-5-10(13)11(14)12-9(8)4-7(6)2/h3-4,10,13H,5H2,1-2H3,(H,12,14)/t10-/m1/s1. The van der Waals surface area contributed by atoms with Crippen LogP contribution in [0, 0.1) is 13.8 Å². The molecular formula is C11H13NO2. The van der Waals surface area contributed by atoms with Crippen LogP contribution in [0.3, 0.4) is 0 Å². The zero-order valence-electron chi connectivity index (χ0n) is 8.29. The summed E-state index contributed by atoms with van der Waals surface area (Å²) >= 11 is 0. The number of aryl methyl sites for hydroxylation is 2. The molecule has 0 unspecified atom stereocenters. The van der Waals surface area contributed by atoms with Crippen LogP contribution in [0.5, 0.6) is 0 Å². The molecule has 1 aromatic carbocycles. The number of carbonyl (C=O) groups excluding carboxylic acids is 1. The second-order valence-electron chi connectivity index (χ2n) is 3.80. The van der Waals surface area contributed by atoms with Gasteiger partial charge < -0.3 is 10.4 Å². The quantitative estimate of drug-likeness (QED) is 0.646. The van der Waals surface area contributed by atoms with E-state index in [1.54, 1.807) is 0 Å². The maximum absolute atomic E-state index is 11.2. The number of nitrogens with one attached hydrogen (secondary N) is 1. The smallest absolute Gasteiger partial charge is 0.253 e. The average molecular weight is 191 g/mol. The van der Waals surface area contributed by atoms with Gasteiger partial charge >= 0.3 is 0 Å². The Kier molecular flexibility index (Phi) is 2.04. The molecule has 3 nitrogen and oxygen atoms in total. The SMILES string of the molecule is Cc1cc2c(cc1C)NC(=O)[C@H](O)C2. The second-order valence-corrected chi connectivity index (χ2v) is 3.80. The van der Waals surface area contributed by atoms with E-state index in [0.29, 0.717) is 6.42 Å². The minimum atomic E-state index is -0.899. The van der Waals surface area contributed by atoms with Crippen LogP contribution in [-0.4, -0.2) is 17.1 Å². The lowest BCUT2D eigenvalue weighted by Gasteiger charge is -2.22. The normalized spacial score (nSPS) is 20.2. The molecule has 1 aromatic rings. The highest BCUT2D eigenvalue weighted by molar-refractivity contribution is 5.97. The van der Waals surface area contributed by atoms with Gasteiger partial charge in [0.15, 0.2) is 0 Å². The zero-order valence-corrected chi connectivity index (χ0v) is 8.29. The molecule has 0 bridgehead atoms. The van der Waals surface area contributed by atoms with Gasteiger partial charge in [-0.05, 0) is 36.6 Å². The number of amides is 1. The molecule has 2 rings (SSSR count). The first-order valence-electron chi connectivity index (χ1n) is 4.67. The van der Waals surface area contributed by atoms with Gasteiger partial charge in [0.2, 0.25) is 0 Å². The van der Waals surface area contributed by atoms with E-state index in [2.05, 4.69) is 5.32 Å². The fourth-order valence-electron chi connectivity index (χ4n) is 1.68. The summed E-state index contributed by atoms with van der Waals surface area (Å²) in [5.74, 6) is -0.305. The highest BCUT2D eigenvalue weighted by Crippen LogP contribution is 2.25. The van der Waals surface area contributed by atoms with Crippen LogP contribution in [0.15, 0.2) is 12.1 Å². The number of rotatable bonds is 0. The lowest BCUT2D eigenvalue weighted by molar-refractivity contribution is -0.124. The van der Waals surface area contributed by atoms with Gasteiger partial charge in [0.25, 0.3) is 5.91 Å². The van der Waals surface area contributed by atoms with Crippen molar-refractivity contribution in [1.82, 2.24) is 0 Å². The third-order valence-corrected chi connectivity index (χ3v) is 2.69. The van der Waals surface area contributed by atoms with E-state index in [1.165, 1.54) is 5.56 Å². The molecule has 1 atom stereocenters. The lowest BCUT2D eigenvalue weighted by atomic mass is 9.96. The van der Waals surface area contributed by atoms with Crippen LogP contribution in [0.25, 0.3) is 0 Å². The van der Waals surface area contributed by atoms with Crippen molar-refractivity contribution in [2.45, 2.75) is 26.4 Å². The summed E-state index contributed by atoms with van der Waals surface area (Å²) in [5, 5.41) is 12.1. The number of hydrogen-bond donors (Lipinski definition) is 2. The molecule has 74 valence electrons. The van der Waals surface area contributed by atoms with Crippen molar-refractivity contribution >= 4 is 11.6 Å². The number of benzene rings is 1. The first kappa shape index (κ1) is 9.21. The Balaban J connectivity index is 2.47. The van der Waals surface area contributed by atoms with Gasteiger partial charge in [-0.25, -0.2) is 0 Å². The van der Waals surface area contributed by atoms with E-state index >= 15 is 0 Å². The number of anilines is 1. The van der Waals surface area contributed by atoms with Crippen LogP contribution in [-0.2, 0) is 11.2 Å². The summed E-state index contributed by atoms with van der Waals surface area (Å²) in [4.78, 5) is 11.2. The van der Waals surface area contributed by atoms with Crippen molar-refractivity contribution in [1.29, 1.82) is 0 Å². The molecular weight excluding hydrogens is 178 g/mol. The zero-order chi connectivity index (χ0) is 10.3. The Morgan fingerprint density at radius 2 is 2.00 bits per heavy atom. The third-order valence-electron chi connectivity index (χ3n) is 2.69. The minimum absolute atomic E-state index is 0.305. The summed E-state index contributed by atoms with van der Waals surface area (Å²) in [7, 11) is 0. The summed E-state index contributed by atoms with van der Waals surface area (Å²) in [6, 6.07) is 3.97. The first-order chi connectivity index (χ1) is 6.58. The molecule has 2 N–H and O–H groups in total. The van der Waals surface area contributed by atoms with E-state index in [9.17, 15) is 9.90 Å². The van der Waals surface area contributed by atoms with Gasteiger partial charge in [-0.15, -0.1) is 0 Å². The van der Waals surface area contributed by atoms with Crippen molar-refractivity contribution < 1.29 is 9.90 Å². The Labute approximate surface area is 82.8 Å². The molecule has 0 radical (unpaired) electrons. The minimum Gasteiger partial charge on any atom is -0.383 e. The monoisotopic (exact) mass is 191 g/mol. The van der Waals surface area contributed by atoms with Crippen LogP contribution >= 0.6 is 0 Å². The fourth-order valence-corrected chi connectivity index (χ4v) is 1.68. The third kappa shape index (κ3) is 1.40. The van der Waals surface area contributed by atoms with Gasteiger partial charge in [-0.2, -0.15) is 0 Å². The van der Waals surface area contributed by atoms with Crippen LogP contribution < -0.4 is 5.32 Å².